The number of hydrogen-bond donors (Lipinski definition) is 2. The summed E-state index contributed by atoms with van der Waals surface area (Å²) in [5, 5.41) is 3.29. The van der Waals surface area contributed by atoms with Gasteiger partial charge in [-0.2, -0.15) is 0 Å². The second kappa shape index (κ2) is 5.50. The molecule has 4 heteroatoms. The van der Waals surface area contributed by atoms with Crippen molar-refractivity contribution in [3.8, 4) is 0 Å². The minimum Gasteiger partial charge on any atom is -0.383 e. The summed E-state index contributed by atoms with van der Waals surface area (Å²) in [5.41, 5.74) is 9.25. The van der Waals surface area contributed by atoms with Crippen LogP contribution in [-0.2, 0) is 0 Å². The van der Waals surface area contributed by atoms with Gasteiger partial charge in [-0.25, -0.2) is 4.98 Å². The maximum atomic E-state index is 5.99. The van der Waals surface area contributed by atoms with Crippen molar-refractivity contribution < 1.29 is 0 Å². The molecule has 0 aliphatic rings. The molecule has 3 N–H and O–H groups in total. The summed E-state index contributed by atoms with van der Waals surface area (Å²) in [6, 6.07) is 10.2. The van der Waals surface area contributed by atoms with E-state index in [1.54, 1.807) is 6.20 Å². The first-order chi connectivity index (χ1) is 8.63. The monoisotopic (exact) mass is 305 g/mol. The van der Waals surface area contributed by atoms with Gasteiger partial charge in [0.15, 0.2) is 0 Å². The largest absolute Gasteiger partial charge is 0.383 e. The second-order valence-corrected chi connectivity index (χ2v) is 5.08. The van der Waals surface area contributed by atoms with Crippen LogP contribution >= 0.6 is 15.9 Å². The van der Waals surface area contributed by atoms with Gasteiger partial charge in [0.2, 0.25) is 0 Å². The quantitative estimate of drug-likeness (QED) is 0.916. The molecule has 94 valence electrons. The molecule has 0 bridgehead atoms. The van der Waals surface area contributed by atoms with Crippen molar-refractivity contribution in [3.05, 3.63) is 57.7 Å². The van der Waals surface area contributed by atoms with Crippen LogP contribution in [0.3, 0.4) is 0 Å². The normalized spacial score (nSPS) is 12.4. The van der Waals surface area contributed by atoms with Gasteiger partial charge in [0, 0.05) is 16.2 Å². The number of rotatable bonds is 3. The number of pyridine rings is 1. The lowest BCUT2D eigenvalue weighted by Gasteiger charge is -2.20. The number of hydrogen-bond acceptors (Lipinski definition) is 3. The van der Waals surface area contributed by atoms with Crippen molar-refractivity contribution in [3.63, 3.8) is 0 Å². The van der Waals surface area contributed by atoms with Crippen molar-refractivity contribution in [1.82, 2.24) is 10.3 Å². The molecule has 2 aromatic rings. The molecular weight excluding hydrogens is 290 g/mol. The highest BCUT2D eigenvalue weighted by Gasteiger charge is 2.17. The van der Waals surface area contributed by atoms with Crippen LogP contribution in [0, 0.1) is 6.92 Å². The minimum atomic E-state index is 0.0352. The first kappa shape index (κ1) is 13.1. The van der Waals surface area contributed by atoms with E-state index in [2.05, 4.69) is 38.4 Å². The van der Waals surface area contributed by atoms with Gasteiger partial charge in [0.1, 0.15) is 5.82 Å². The molecule has 2 rings (SSSR count). The van der Waals surface area contributed by atoms with Crippen LogP contribution in [0.5, 0.6) is 0 Å². The predicted octanol–water partition coefficient (Wildman–Crippen LogP) is 3.04. The maximum absolute atomic E-state index is 5.99. The highest BCUT2D eigenvalue weighted by molar-refractivity contribution is 9.10. The van der Waals surface area contributed by atoms with Crippen LogP contribution in [0.1, 0.15) is 22.7 Å². The van der Waals surface area contributed by atoms with Gasteiger partial charge in [0.05, 0.1) is 6.04 Å². The fourth-order valence-corrected chi connectivity index (χ4v) is 2.54. The molecule has 1 aromatic carbocycles. The number of halogens is 1. The van der Waals surface area contributed by atoms with Gasteiger partial charge in [-0.05, 0) is 37.2 Å². The van der Waals surface area contributed by atoms with E-state index in [0.29, 0.717) is 5.82 Å². The predicted molar refractivity (Wildman–Crippen MR) is 78.4 cm³/mol. The van der Waals surface area contributed by atoms with E-state index < -0.39 is 0 Å². The fourth-order valence-electron chi connectivity index (χ4n) is 2.02. The Morgan fingerprint density at radius 2 is 2.00 bits per heavy atom. The highest BCUT2D eigenvalue weighted by atomic mass is 79.9. The van der Waals surface area contributed by atoms with E-state index in [0.717, 1.165) is 21.2 Å². The van der Waals surface area contributed by atoms with Crippen LogP contribution in [0.25, 0.3) is 0 Å². The molecule has 1 atom stereocenters. The molecule has 0 spiro atoms. The zero-order valence-electron chi connectivity index (χ0n) is 10.4. The molecule has 0 amide bonds. The average Bonchev–Trinajstić information content (AvgIpc) is 2.36. The number of nitrogens with one attached hydrogen (secondary N) is 1. The molecule has 0 saturated heterocycles. The van der Waals surface area contributed by atoms with Gasteiger partial charge >= 0.3 is 0 Å². The SMILES string of the molecule is CNC(c1ccccc1Br)c1cc(C)cnc1N. The molecule has 3 nitrogen and oxygen atoms in total. The summed E-state index contributed by atoms with van der Waals surface area (Å²) in [6.07, 6.45) is 1.78. The van der Waals surface area contributed by atoms with Crippen LogP contribution in [-0.4, -0.2) is 12.0 Å². The smallest absolute Gasteiger partial charge is 0.128 e. The third-order valence-corrected chi connectivity index (χ3v) is 3.62. The molecule has 0 fully saturated rings. The lowest BCUT2D eigenvalue weighted by molar-refractivity contribution is 0.688. The zero-order chi connectivity index (χ0) is 13.1. The Hall–Kier alpha value is -1.39. The first-order valence-electron chi connectivity index (χ1n) is 5.77. The Morgan fingerprint density at radius 1 is 1.28 bits per heavy atom. The Kier molecular flexibility index (Phi) is 3.99. The van der Waals surface area contributed by atoms with E-state index in [-0.39, 0.29) is 6.04 Å². The summed E-state index contributed by atoms with van der Waals surface area (Å²) in [5.74, 6) is 0.565. The molecule has 0 aliphatic carbocycles. The summed E-state index contributed by atoms with van der Waals surface area (Å²) >= 11 is 3.58. The lowest BCUT2D eigenvalue weighted by Crippen LogP contribution is -2.20. The summed E-state index contributed by atoms with van der Waals surface area (Å²) in [6.45, 7) is 2.02. The third kappa shape index (κ3) is 2.54. The molecule has 1 aromatic heterocycles. The molecule has 0 radical (unpaired) electrons. The van der Waals surface area contributed by atoms with Crippen LogP contribution in [0.2, 0.25) is 0 Å². The topological polar surface area (TPSA) is 50.9 Å². The summed E-state index contributed by atoms with van der Waals surface area (Å²) < 4.78 is 1.06. The van der Waals surface area contributed by atoms with E-state index in [9.17, 15) is 0 Å². The van der Waals surface area contributed by atoms with Crippen molar-refractivity contribution in [2.24, 2.45) is 0 Å². The van der Waals surface area contributed by atoms with Crippen molar-refractivity contribution in [2.75, 3.05) is 12.8 Å². The van der Waals surface area contributed by atoms with Crippen LogP contribution in [0.15, 0.2) is 41.0 Å². The van der Waals surface area contributed by atoms with Gasteiger partial charge in [-0.3, -0.25) is 0 Å². The highest BCUT2D eigenvalue weighted by Crippen LogP contribution is 2.30. The molecule has 0 aliphatic heterocycles. The van der Waals surface area contributed by atoms with E-state index in [1.165, 1.54) is 0 Å². The van der Waals surface area contributed by atoms with E-state index in [1.807, 2.05) is 32.2 Å². The zero-order valence-corrected chi connectivity index (χ0v) is 12.0. The van der Waals surface area contributed by atoms with Gasteiger partial charge in [-0.15, -0.1) is 0 Å². The van der Waals surface area contributed by atoms with Crippen molar-refractivity contribution in [1.29, 1.82) is 0 Å². The van der Waals surface area contributed by atoms with Gasteiger partial charge in [-0.1, -0.05) is 34.1 Å². The first-order valence-corrected chi connectivity index (χ1v) is 6.56. The number of aromatic nitrogens is 1. The standard InChI is InChI=1S/C14H16BrN3/c1-9-7-11(14(16)18-8-9)13(17-2)10-5-3-4-6-12(10)15/h3-8,13,17H,1-2H3,(H2,16,18). The Morgan fingerprint density at radius 3 is 2.67 bits per heavy atom. The second-order valence-electron chi connectivity index (χ2n) is 4.23. The minimum absolute atomic E-state index is 0.0352. The molecular formula is C14H16BrN3. The summed E-state index contributed by atoms with van der Waals surface area (Å²) in [4.78, 5) is 4.23. The number of anilines is 1. The number of nitrogens with zero attached hydrogens (tertiary/aromatic N) is 1. The van der Waals surface area contributed by atoms with Crippen molar-refractivity contribution >= 4 is 21.7 Å². The number of nitrogen functional groups attached to an aromatic ring is 1. The number of aryl methyl sites for hydroxylation is 1. The Labute approximate surface area is 116 Å². The number of nitrogens with two attached hydrogens (primary N) is 1. The maximum Gasteiger partial charge on any atom is 0.128 e. The van der Waals surface area contributed by atoms with E-state index >= 15 is 0 Å². The number of benzene rings is 1. The molecule has 1 unspecified atom stereocenters. The molecule has 1 heterocycles. The Bertz CT molecular complexity index is 554. The van der Waals surface area contributed by atoms with Gasteiger partial charge < -0.3 is 11.1 Å². The fraction of sp³-hybridized carbons (Fsp3) is 0.214. The van der Waals surface area contributed by atoms with Crippen LogP contribution in [0.4, 0.5) is 5.82 Å². The third-order valence-electron chi connectivity index (χ3n) is 2.90. The van der Waals surface area contributed by atoms with E-state index in [4.69, 9.17) is 5.73 Å². The Balaban J connectivity index is 2.52. The molecule has 18 heavy (non-hydrogen) atoms. The lowest BCUT2D eigenvalue weighted by atomic mass is 9.98. The van der Waals surface area contributed by atoms with Crippen LogP contribution < -0.4 is 11.1 Å². The van der Waals surface area contributed by atoms with Crippen molar-refractivity contribution in [2.45, 2.75) is 13.0 Å². The van der Waals surface area contributed by atoms with Gasteiger partial charge in [0.25, 0.3) is 0 Å². The average molecular weight is 306 g/mol. The molecule has 0 saturated carbocycles. The summed E-state index contributed by atoms with van der Waals surface area (Å²) in [7, 11) is 1.92.